The van der Waals surface area contributed by atoms with E-state index in [1.807, 2.05) is 31.2 Å². The van der Waals surface area contributed by atoms with E-state index in [0.717, 1.165) is 17.7 Å². The molecule has 0 aliphatic heterocycles. The number of nitrogens with one attached hydrogen (secondary N) is 1. The van der Waals surface area contributed by atoms with Gasteiger partial charge in [0.1, 0.15) is 5.75 Å². The zero-order valence-corrected chi connectivity index (χ0v) is 12.2. The highest BCUT2D eigenvalue weighted by Gasteiger charge is 2.30. The number of amides is 1. The molecule has 21 heavy (non-hydrogen) atoms. The van der Waals surface area contributed by atoms with Gasteiger partial charge in [-0.1, -0.05) is 12.1 Å². The van der Waals surface area contributed by atoms with E-state index in [4.69, 9.17) is 9.84 Å². The van der Waals surface area contributed by atoms with Crippen LogP contribution in [0.15, 0.2) is 24.3 Å². The molecule has 2 atom stereocenters. The Kier molecular flexibility index (Phi) is 5.20. The molecule has 2 N–H and O–H groups in total. The van der Waals surface area contributed by atoms with Gasteiger partial charge in [0, 0.05) is 6.04 Å². The molecule has 5 heteroatoms. The molecule has 1 amide bonds. The Morgan fingerprint density at radius 2 is 2.00 bits per heavy atom. The first-order valence-corrected chi connectivity index (χ1v) is 7.32. The van der Waals surface area contributed by atoms with Crippen LogP contribution in [-0.2, 0) is 16.0 Å². The average Bonchev–Trinajstić information content (AvgIpc) is 2.90. The van der Waals surface area contributed by atoms with E-state index < -0.39 is 5.97 Å². The van der Waals surface area contributed by atoms with Crippen LogP contribution in [-0.4, -0.2) is 29.6 Å². The van der Waals surface area contributed by atoms with Gasteiger partial charge in [-0.25, -0.2) is 0 Å². The standard InChI is InChI=1S/C16H21NO4/c1-2-21-14-7-3-11(4-8-14)9-15(18)17-13-6-5-12(10-13)16(19)20/h3-4,7-8,12-13H,2,5-6,9-10H2,1H3,(H,17,18)(H,19,20)/t12-,13+/m0/s1. The smallest absolute Gasteiger partial charge is 0.306 e. The van der Waals surface area contributed by atoms with E-state index in [-0.39, 0.29) is 17.9 Å². The van der Waals surface area contributed by atoms with Gasteiger partial charge < -0.3 is 15.2 Å². The Hall–Kier alpha value is -2.04. The fourth-order valence-corrected chi connectivity index (χ4v) is 2.67. The average molecular weight is 291 g/mol. The Morgan fingerprint density at radius 3 is 2.57 bits per heavy atom. The predicted octanol–water partition coefficient (Wildman–Crippen LogP) is 2.00. The molecule has 1 aliphatic rings. The fraction of sp³-hybridized carbons (Fsp3) is 0.500. The first-order valence-electron chi connectivity index (χ1n) is 7.32. The second-order valence-corrected chi connectivity index (χ2v) is 5.37. The summed E-state index contributed by atoms with van der Waals surface area (Å²) in [6.07, 6.45) is 2.22. The summed E-state index contributed by atoms with van der Waals surface area (Å²) in [5.41, 5.74) is 0.920. The maximum atomic E-state index is 12.0. The lowest BCUT2D eigenvalue weighted by atomic mass is 10.1. The molecular formula is C16H21NO4. The van der Waals surface area contributed by atoms with Crippen LogP contribution in [0.5, 0.6) is 5.75 Å². The van der Waals surface area contributed by atoms with E-state index in [1.54, 1.807) is 0 Å². The Labute approximate surface area is 124 Å². The highest BCUT2D eigenvalue weighted by molar-refractivity contribution is 5.79. The SMILES string of the molecule is CCOc1ccc(CC(=O)N[C@@H]2CC[C@H](C(=O)O)C2)cc1. The van der Waals surface area contributed by atoms with Crippen molar-refractivity contribution in [2.45, 2.75) is 38.6 Å². The van der Waals surface area contributed by atoms with Gasteiger partial charge in [-0.2, -0.15) is 0 Å². The van der Waals surface area contributed by atoms with Crippen molar-refractivity contribution in [3.05, 3.63) is 29.8 Å². The largest absolute Gasteiger partial charge is 0.494 e. The number of hydrogen-bond acceptors (Lipinski definition) is 3. The number of carboxylic acids is 1. The van der Waals surface area contributed by atoms with Gasteiger partial charge in [0.15, 0.2) is 0 Å². The minimum absolute atomic E-state index is 0.0127. The second kappa shape index (κ2) is 7.11. The van der Waals surface area contributed by atoms with E-state index in [2.05, 4.69) is 5.32 Å². The molecule has 1 aromatic rings. The Balaban J connectivity index is 1.80. The Morgan fingerprint density at radius 1 is 1.29 bits per heavy atom. The number of ether oxygens (including phenoxy) is 1. The van der Waals surface area contributed by atoms with Crippen molar-refractivity contribution >= 4 is 11.9 Å². The lowest BCUT2D eigenvalue weighted by Gasteiger charge is -2.12. The van der Waals surface area contributed by atoms with Crippen molar-refractivity contribution < 1.29 is 19.4 Å². The molecule has 0 radical (unpaired) electrons. The molecule has 0 bridgehead atoms. The molecule has 0 aromatic heterocycles. The summed E-state index contributed by atoms with van der Waals surface area (Å²) in [7, 11) is 0. The van der Waals surface area contributed by atoms with Gasteiger partial charge in [0.2, 0.25) is 5.91 Å². The van der Waals surface area contributed by atoms with Crippen molar-refractivity contribution in [2.24, 2.45) is 5.92 Å². The Bertz CT molecular complexity index is 498. The molecule has 1 aliphatic carbocycles. The molecule has 0 saturated heterocycles. The van der Waals surface area contributed by atoms with Crippen LogP contribution in [0.2, 0.25) is 0 Å². The lowest BCUT2D eigenvalue weighted by Crippen LogP contribution is -2.34. The van der Waals surface area contributed by atoms with Crippen LogP contribution in [0, 0.1) is 5.92 Å². The third-order valence-corrected chi connectivity index (χ3v) is 3.75. The number of benzene rings is 1. The zero-order chi connectivity index (χ0) is 15.2. The summed E-state index contributed by atoms with van der Waals surface area (Å²) in [5.74, 6) is -0.351. The van der Waals surface area contributed by atoms with Crippen molar-refractivity contribution in [1.29, 1.82) is 0 Å². The summed E-state index contributed by atoms with van der Waals surface area (Å²) >= 11 is 0. The first-order chi connectivity index (χ1) is 10.1. The molecule has 1 saturated carbocycles. The molecule has 2 rings (SSSR count). The molecule has 0 heterocycles. The first kappa shape index (κ1) is 15.4. The van der Waals surface area contributed by atoms with Gasteiger partial charge >= 0.3 is 5.97 Å². The number of rotatable bonds is 6. The molecule has 1 fully saturated rings. The quantitative estimate of drug-likeness (QED) is 0.840. The normalized spacial score (nSPS) is 21.0. The highest BCUT2D eigenvalue weighted by Crippen LogP contribution is 2.25. The maximum absolute atomic E-state index is 12.0. The number of carbonyl (C=O) groups excluding carboxylic acids is 1. The van der Waals surface area contributed by atoms with Gasteiger partial charge in [-0.15, -0.1) is 0 Å². The van der Waals surface area contributed by atoms with Gasteiger partial charge in [-0.3, -0.25) is 9.59 Å². The van der Waals surface area contributed by atoms with Crippen LogP contribution in [0.4, 0.5) is 0 Å². The minimum Gasteiger partial charge on any atom is -0.494 e. The summed E-state index contributed by atoms with van der Waals surface area (Å²) < 4.78 is 5.35. The van der Waals surface area contributed by atoms with E-state index in [1.165, 1.54) is 0 Å². The third-order valence-electron chi connectivity index (χ3n) is 3.75. The summed E-state index contributed by atoms with van der Waals surface area (Å²) in [6, 6.07) is 7.43. The third kappa shape index (κ3) is 4.48. The van der Waals surface area contributed by atoms with Crippen molar-refractivity contribution in [2.75, 3.05) is 6.61 Å². The van der Waals surface area contributed by atoms with Gasteiger partial charge in [-0.05, 0) is 43.9 Å². The molecule has 114 valence electrons. The highest BCUT2D eigenvalue weighted by atomic mass is 16.5. The van der Waals surface area contributed by atoms with Gasteiger partial charge in [0.05, 0.1) is 18.9 Å². The second-order valence-electron chi connectivity index (χ2n) is 5.37. The molecular weight excluding hydrogens is 270 g/mol. The molecule has 0 spiro atoms. The van der Waals surface area contributed by atoms with E-state index in [0.29, 0.717) is 25.9 Å². The van der Waals surface area contributed by atoms with Crippen LogP contribution in [0.1, 0.15) is 31.7 Å². The van der Waals surface area contributed by atoms with Crippen LogP contribution < -0.4 is 10.1 Å². The minimum atomic E-state index is -0.765. The van der Waals surface area contributed by atoms with E-state index in [9.17, 15) is 9.59 Å². The molecule has 1 aromatic carbocycles. The monoisotopic (exact) mass is 291 g/mol. The molecule has 0 unspecified atom stereocenters. The fourth-order valence-electron chi connectivity index (χ4n) is 2.67. The predicted molar refractivity (Wildman–Crippen MR) is 78.2 cm³/mol. The number of hydrogen-bond donors (Lipinski definition) is 2. The van der Waals surface area contributed by atoms with Crippen LogP contribution in [0.25, 0.3) is 0 Å². The number of carboxylic acid groups (broad SMARTS) is 1. The van der Waals surface area contributed by atoms with Crippen molar-refractivity contribution in [3.63, 3.8) is 0 Å². The molecule has 5 nitrogen and oxygen atoms in total. The number of aliphatic carboxylic acids is 1. The van der Waals surface area contributed by atoms with Crippen molar-refractivity contribution in [1.82, 2.24) is 5.32 Å². The van der Waals surface area contributed by atoms with Crippen molar-refractivity contribution in [3.8, 4) is 5.75 Å². The lowest BCUT2D eigenvalue weighted by molar-refractivity contribution is -0.141. The van der Waals surface area contributed by atoms with Crippen LogP contribution >= 0.6 is 0 Å². The summed E-state index contributed by atoms with van der Waals surface area (Å²) in [6.45, 7) is 2.54. The number of carbonyl (C=O) groups is 2. The summed E-state index contributed by atoms with van der Waals surface area (Å²) in [5, 5.41) is 11.9. The van der Waals surface area contributed by atoms with Crippen LogP contribution in [0.3, 0.4) is 0 Å². The van der Waals surface area contributed by atoms with Gasteiger partial charge in [0.25, 0.3) is 0 Å². The topological polar surface area (TPSA) is 75.6 Å². The maximum Gasteiger partial charge on any atom is 0.306 e. The zero-order valence-electron chi connectivity index (χ0n) is 12.2. The summed E-state index contributed by atoms with van der Waals surface area (Å²) in [4.78, 5) is 22.9. The van der Waals surface area contributed by atoms with E-state index >= 15 is 0 Å².